The van der Waals surface area contributed by atoms with Crippen LogP contribution in [0.25, 0.3) is 0 Å². The van der Waals surface area contributed by atoms with Gasteiger partial charge in [-0.2, -0.15) is 0 Å². The average Bonchev–Trinajstić information content (AvgIpc) is 2.41. The van der Waals surface area contributed by atoms with Crippen LogP contribution < -0.4 is 5.32 Å². The lowest BCUT2D eigenvalue weighted by molar-refractivity contribution is 0.131. The molecule has 2 heteroatoms. The third-order valence-electron chi connectivity index (χ3n) is 4.98. The van der Waals surface area contributed by atoms with Crippen LogP contribution in [0.2, 0.25) is 0 Å². The summed E-state index contributed by atoms with van der Waals surface area (Å²) >= 11 is 0. The fourth-order valence-corrected chi connectivity index (χ4v) is 3.74. The van der Waals surface area contributed by atoms with Crippen molar-refractivity contribution in [1.82, 2.24) is 5.32 Å². The summed E-state index contributed by atoms with van der Waals surface area (Å²) in [7, 11) is 0. The van der Waals surface area contributed by atoms with Gasteiger partial charge in [0.05, 0.1) is 0 Å². The molecule has 1 aliphatic carbocycles. The molecule has 0 aromatic heterocycles. The summed E-state index contributed by atoms with van der Waals surface area (Å²) in [4.78, 5) is 0. The zero-order valence-electron chi connectivity index (χ0n) is 14.0. The summed E-state index contributed by atoms with van der Waals surface area (Å²) in [6.07, 6.45) is 6.34. The number of rotatable bonds is 4. The highest BCUT2D eigenvalue weighted by molar-refractivity contribution is 5.26. The minimum absolute atomic E-state index is 0.135. The number of aryl methyl sites for hydroxylation is 1. The first-order chi connectivity index (χ1) is 9.88. The predicted molar refractivity (Wildman–Crippen MR) is 88.0 cm³/mol. The standard InChI is InChI=1S/C19H30FN/c1-14-13-16(20)10-9-15(14)11-12-21-18-8-6-5-7-17(18)19(2,3)4/h9-10,13,17-18,21H,5-8,11-12H2,1-4H3. The lowest BCUT2D eigenvalue weighted by Gasteiger charge is -2.41. The van der Waals surface area contributed by atoms with Crippen LogP contribution in [0.5, 0.6) is 0 Å². The van der Waals surface area contributed by atoms with Crippen molar-refractivity contribution < 1.29 is 4.39 Å². The van der Waals surface area contributed by atoms with E-state index in [-0.39, 0.29) is 5.82 Å². The molecule has 0 aliphatic heterocycles. The molecule has 1 N–H and O–H groups in total. The van der Waals surface area contributed by atoms with Gasteiger partial charge in [-0.1, -0.05) is 39.7 Å². The highest BCUT2D eigenvalue weighted by atomic mass is 19.1. The molecule has 2 unspecified atom stereocenters. The van der Waals surface area contributed by atoms with Gasteiger partial charge >= 0.3 is 0 Å². The molecule has 1 fully saturated rings. The molecular formula is C19H30FN. The third-order valence-corrected chi connectivity index (χ3v) is 4.98. The number of halogens is 1. The van der Waals surface area contributed by atoms with E-state index in [1.165, 1.54) is 31.2 Å². The largest absolute Gasteiger partial charge is 0.313 e. The van der Waals surface area contributed by atoms with Crippen LogP contribution in [0.15, 0.2) is 18.2 Å². The van der Waals surface area contributed by atoms with Gasteiger partial charge in [0.15, 0.2) is 0 Å². The maximum absolute atomic E-state index is 13.1. The van der Waals surface area contributed by atoms with Crippen molar-refractivity contribution >= 4 is 0 Å². The molecule has 0 radical (unpaired) electrons. The smallest absolute Gasteiger partial charge is 0.123 e. The SMILES string of the molecule is Cc1cc(F)ccc1CCNC1CCCCC1C(C)(C)C. The van der Waals surface area contributed by atoms with Crippen LogP contribution in [0.1, 0.15) is 57.6 Å². The summed E-state index contributed by atoms with van der Waals surface area (Å²) in [6, 6.07) is 5.77. The van der Waals surface area contributed by atoms with Gasteiger partial charge in [0, 0.05) is 6.04 Å². The zero-order valence-corrected chi connectivity index (χ0v) is 14.0. The van der Waals surface area contributed by atoms with E-state index in [4.69, 9.17) is 0 Å². The molecule has 1 aliphatic rings. The Morgan fingerprint density at radius 2 is 1.90 bits per heavy atom. The van der Waals surface area contributed by atoms with Crippen LogP contribution in [0, 0.1) is 24.1 Å². The van der Waals surface area contributed by atoms with Gasteiger partial charge in [-0.15, -0.1) is 0 Å². The summed E-state index contributed by atoms with van der Waals surface area (Å²) < 4.78 is 13.1. The molecule has 1 aromatic carbocycles. The maximum atomic E-state index is 13.1. The van der Waals surface area contributed by atoms with Crippen molar-refractivity contribution in [3.63, 3.8) is 0 Å². The molecular weight excluding hydrogens is 261 g/mol. The van der Waals surface area contributed by atoms with Gasteiger partial charge in [-0.25, -0.2) is 4.39 Å². The van der Waals surface area contributed by atoms with Crippen molar-refractivity contribution in [2.75, 3.05) is 6.54 Å². The predicted octanol–water partition coefficient (Wildman–Crippen LogP) is 4.87. The molecule has 1 saturated carbocycles. The first-order valence-corrected chi connectivity index (χ1v) is 8.36. The van der Waals surface area contributed by atoms with Crippen LogP contribution in [0.4, 0.5) is 4.39 Å². The molecule has 1 nitrogen and oxygen atoms in total. The third kappa shape index (κ3) is 4.54. The number of hydrogen-bond acceptors (Lipinski definition) is 1. The second kappa shape index (κ2) is 6.91. The topological polar surface area (TPSA) is 12.0 Å². The molecule has 0 saturated heterocycles. The van der Waals surface area contributed by atoms with E-state index in [9.17, 15) is 4.39 Å². The number of benzene rings is 1. The number of nitrogens with one attached hydrogen (secondary N) is 1. The summed E-state index contributed by atoms with van der Waals surface area (Å²) in [5.41, 5.74) is 2.70. The van der Waals surface area contributed by atoms with E-state index in [1.54, 1.807) is 12.1 Å². The van der Waals surface area contributed by atoms with E-state index in [2.05, 4.69) is 26.1 Å². The lowest BCUT2D eigenvalue weighted by Crippen LogP contribution is -2.44. The van der Waals surface area contributed by atoms with Crippen LogP contribution in [-0.2, 0) is 6.42 Å². The van der Waals surface area contributed by atoms with Gasteiger partial charge in [0.25, 0.3) is 0 Å². The Morgan fingerprint density at radius 3 is 2.57 bits per heavy atom. The molecule has 2 atom stereocenters. The average molecular weight is 291 g/mol. The Labute approximate surface area is 129 Å². The fourth-order valence-electron chi connectivity index (χ4n) is 3.74. The van der Waals surface area contributed by atoms with Gasteiger partial charge in [0.1, 0.15) is 5.82 Å². The Bertz CT molecular complexity index is 461. The van der Waals surface area contributed by atoms with Crippen molar-refractivity contribution in [2.24, 2.45) is 11.3 Å². The van der Waals surface area contributed by atoms with Gasteiger partial charge < -0.3 is 5.32 Å². The van der Waals surface area contributed by atoms with Crippen molar-refractivity contribution in [3.8, 4) is 0 Å². The molecule has 0 amide bonds. The minimum Gasteiger partial charge on any atom is -0.313 e. The van der Waals surface area contributed by atoms with E-state index in [1.807, 2.05) is 13.0 Å². The van der Waals surface area contributed by atoms with Gasteiger partial charge in [0.2, 0.25) is 0 Å². The highest BCUT2D eigenvalue weighted by Crippen LogP contribution is 2.37. The van der Waals surface area contributed by atoms with Crippen molar-refractivity contribution in [2.45, 2.75) is 65.8 Å². The minimum atomic E-state index is -0.135. The molecule has 2 rings (SSSR count). The molecule has 118 valence electrons. The Kier molecular flexibility index (Phi) is 5.43. The molecule has 0 bridgehead atoms. The normalized spacial score (nSPS) is 23.3. The Hall–Kier alpha value is -0.890. The number of hydrogen-bond donors (Lipinski definition) is 1. The van der Waals surface area contributed by atoms with Crippen LogP contribution >= 0.6 is 0 Å². The Balaban J connectivity index is 1.89. The zero-order chi connectivity index (χ0) is 15.5. The fraction of sp³-hybridized carbons (Fsp3) is 0.684. The van der Waals surface area contributed by atoms with Crippen LogP contribution in [-0.4, -0.2) is 12.6 Å². The second-order valence-electron chi connectivity index (χ2n) is 7.64. The quantitative estimate of drug-likeness (QED) is 0.834. The van der Waals surface area contributed by atoms with Gasteiger partial charge in [-0.05, 0) is 67.3 Å². The molecule has 0 heterocycles. The Morgan fingerprint density at radius 1 is 1.19 bits per heavy atom. The highest BCUT2D eigenvalue weighted by Gasteiger charge is 2.33. The van der Waals surface area contributed by atoms with E-state index in [0.29, 0.717) is 11.5 Å². The molecule has 0 spiro atoms. The molecule has 21 heavy (non-hydrogen) atoms. The molecule has 1 aromatic rings. The van der Waals surface area contributed by atoms with E-state index >= 15 is 0 Å². The van der Waals surface area contributed by atoms with E-state index < -0.39 is 0 Å². The maximum Gasteiger partial charge on any atom is 0.123 e. The van der Waals surface area contributed by atoms with Crippen LogP contribution in [0.3, 0.4) is 0 Å². The lowest BCUT2D eigenvalue weighted by atomic mass is 9.69. The first kappa shape index (κ1) is 16.5. The summed E-state index contributed by atoms with van der Waals surface area (Å²) in [5, 5.41) is 3.77. The first-order valence-electron chi connectivity index (χ1n) is 8.36. The second-order valence-corrected chi connectivity index (χ2v) is 7.64. The van der Waals surface area contributed by atoms with Gasteiger partial charge in [-0.3, -0.25) is 0 Å². The van der Waals surface area contributed by atoms with Crippen molar-refractivity contribution in [1.29, 1.82) is 0 Å². The monoisotopic (exact) mass is 291 g/mol. The summed E-state index contributed by atoms with van der Waals surface area (Å²) in [6.45, 7) is 10.1. The van der Waals surface area contributed by atoms with Crippen molar-refractivity contribution in [3.05, 3.63) is 35.1 Å². The summed E-state index contributed by atoms with van der Waals surface area (Å²) in [5.74, 6) is 0.629. The van der Waals surface area contributed by atoms with E-state index in [0.717, 1.165) is 24.4 Å².